The minimum atomic E-state index is 0.511. The molecular formula is C20H10IN3O. The summed E-state index contributed by atoms with van der Waals surface area (Å²) in [5.74, 6) is 0. The van der Waals surface area contributed by atoms with Gasteiger partial charge in [0.15, 0.2) is 11.2 Å². The third kappa shape index (κ3) is 2.41. The number of rotatable bonds is 2. The third-order valence-corrected chi connectivity index (χ3v) is 5.11. The lowest BCUT2D eigenvalue weighted by Gasteiger charge is -2.18. The van der Waals surface area contributed by atoms with Crippen molar-refractivity contribution in [3.05, 3.63) is 71.8 Å². The molecule has 0 saturated heterocycles. The van der Waals surface area contributed by atoms with Crippen LogP contribution in [0.15, 0.2) is 65.1 Å². The maximum Gasteiger partial charge on any atom is 0.159 e. The van der Waals surface area contributed by atoms with Crippen LogP contribution in [0, 0.1) is 22.7 Å². The second-order valence-electron chi connectivity index (χ2n) is 5.46. The van der Waals surface area contributed by atoms with E-state index in [4.69, 9.17) is 4.42 Å². The molecule has 0 unspecified atom stereocenters. The molecule has 0 aliphatic carbocycles. The highest BCUT2D eigenvalue weighted by molar-refractivity contribution is 14.1. The Morgan fingerprint density at radius 1 is 0.720 bits per heavy atom. The summed E-state index contributed by atoms with van der Waals surface area (Å²) in [6, 6.07) is 23.2. The summed E-state index contributed by atoms with van der Waals surface area (Å²) in [7, 11) is 0. The van der Waals surface area contributed by atoms with Crippen LogP contribution in [0.25, 0.3) is 21.9 Å². The number of anilines is 2. The van der Waals surface area contributed by atoms with Gasteiger partial charge in [0.05, 0.1) is 45.4 Å². The maximum atomic E-state index is 9.37. The van der Waals surface area contributed by atoms with Gasteiger partial charge in [-0.1, -0.05) is 36.4 Å². The number of fused-ring (bicyclic) bond motifs is 3. The first-order valence-electron chi connectivity index (χ1n) is 7.54. The Kier molecular flexibility index (Phi) is 3.79. The molecule has 0 saturated carbocycles. The van der Waals surface area contributed by atoms with E-state index in [9.17, 15) is 10.5 Å². The minimum Gasteiger partial charge on any atom is -0.452 e. The maximum absolute atomic E-state index is 9.37. The van der Waals surface area contributed by atoms with E-state index in [1.165, 1.54) is 0 Å². The highest BCUT2D eigenvalue weighted by Crippen LogP contribution is 2.41. The number of para-hydroxylation sites is 3. The van der Waals surface area contributed by atoms with Crippen molar-refractivity contribution in [3.63, 3.8) is 0 Å². The zero-order valence-electron chi connectivity index (χ0n) is 12.9. The molecule has 0 atom stereocenters. The van der Waals surface area contributed by atoms with E-state index in [1.54, 1.807) is 12.1 Å². The fourth-order valence-corrected chi connectivity index (χ4v) is 3.72. The molecule has 3 aromatic carbocycles. The first-order chi connectivity index (χ1) is 12.2. The number of hydrogen-bond acceptors (Lipinski definition) is 4. The highest BCUT2D eigenvalue weighted by Gasteiger charge is 2.18. The Labute approximate surface area is 158 Å². The van der Waals surface area contributed by atoms with Crippen molar-refractivity contribution in [3.8, 4) is 12.1 Å². The lowest BCUT2D eigenvalue weighted by Crippen LogP contribution is -2.03. The molecule has 1 heterocycles. The van der Waals surface area contributed by atoms with Crippen LogP contribution >= 0.6 is 22.9 Å². The molecule has 1 aromatic heterocycles. The minimum absolute atomic E-state index is 0.511. The SMILES string of the molecule is N#Cc1ccccc1N(I)c1cccc2c1oc1c(C#N)cccc12. The average Bonchev–Trinajstić information content (AvgIpc) is 3.06. The van der Waals surface area contributed by atoms with Crippen LogP contribution in [0.3, 0.4) is 0 Å². The fourth-order valence-electron chi connectivity index (χ4n) is 2.92. The average molecular weight is 435 g/mol. The van der Waals surface area contributed by atoms with Crippen molar-refractivity contribution in [2.24, 2.45) is 0 Å². The molecule has 118 valence electrons. The van der Waals surface area contributed by atoms with Gasteiger partial charge in [0, 0.05) is 10.8 Å². The third-order valence-electron chi connectivity index (χ3n) is 4.07. The Morgan fingerprint density at radius 3 is 2.08 bits per heavy atom. The number of furan rings is 1. The Bertz CT molecular complexity index is 1200. The van der Waals surface area contributed by atoms with Gasteiger partial charge in [-0.15, -0.1) is 0 Å². The zero-order chi connectivity index (χ0) is 17.4. The summed E-state index contributed by atoms with van der Waals surface area (Å²) < 4.78 is 7.98. The molecule has 4 nitrogen and oxygen atoms in total. The molecule has 0 spiro atoms. The first-order valence-corrected chi connectivity index (χ1v) is 8.50. The van der Waals surface area contributed by atoms with E-state index in [0.717, 1.165) is 22.1 Å². The summed E-state index contributed by atoms with van der Waals surface area (Å²) in [5, 5.41) is 20.6. The summed E-state index contributed by atoms with van der Waals surface area (Å²) in [6.07, 6.45) is 0. The van der Waals surface area contributed by atoms with Gasteiger partial charge in [-0.25, -0.2) is 0 Å². The van der Waals surface area contributed by atoms with E-state index in [1.807, 2.05) is 51.6 Å². The molecule has 4 rings (SSSR count). The monoisotopic (exact) mass is 435 g/mol. The van der Waals surface area contributed by atoms with E-state index in [-0.39, 0.29) is 0 Å². The number of halogens is 1. The molecule has 0 aliphatic heterocycles. The van der Waals surface area contributed by atoms with Crippen LogP contribution in [-0.2, 0) is 0 Å². The van der Waals surface area contributed by atoms with Crippen molar-refractivity contribution in [2.45, 2.75) is 0 Å². The van der Waals surface area contributed by atoms with Crippen LogP contribution in [0.1, 0.15) is 11.1 Å². The second kappa shape index (κ2) is 6.12. The summed E-state index contributed by atoms with van der Waals surface area (Å²) in [4.78, 5) is 0. The van der Waals surface area contributed by atoms with E-state index in [2.05, 4.69) is 35.0 Å². The lowest BCUT2D eigenvalue weighted by atomic mass is 10.1. The highest BCUT2D eigenvalue weighted by atomic mass is 127. The van der Waals surface area contributed by atoms with Crippen molar-refractivity contribution >= 4 is 56.2 Å². The predicted octanol–water partition coefficient (Wildman–Crippen LogP) is 5.82. The molecule has 5 heteroatoms. The number of nitrogens with zero attached hydrogens (tertiary/aromatic N) is 3. The summed E-state index contributed by atoms with van der Waals surface area (Å²) in [6.45, 7) is 0. The van der Waals surface area contributed by atoms with Gasteiger partial charge in [0.2, 0.25) is 0 Å². The summed E-state index contributed by atoms with van der Waals surface area (Å²) >= 11 is 2.17. The van der Waals surface area contributed by atoms with Crippen LogP contribution in [-0.4, -0.2) is 0 Å². The molecule has 0 N–H and O–H groups in total. The summed E-state index contributed by atoms with van der Waals surface area (Å²) in [5.41, 5.74) is 4.01. The van der Waals surface area contributed by atoms with Crippen molar-refractivity contribution in [1.29, 1.82) is 10.5 Å². The van der Waals surface area contributed by atoms with Gasteiger partial charge in [0.1, 0.15) is 12.1 Å². The van der Waals surface area contributed by atoms with Gasteiger partial charge in [0.25, 0.3) is 0 Å². The fraction of sp³-hybridized carbons (Fsp3) is 0. The number of benzene rings is 3. The van der Waals surface area contributed by atoms with Gasteiger partial charge in [-0.05, 0) is 24.3 Å². The van der Waals surface area contributed by atoms with Gasteiger partial charge in [-0.2, -0.15) is 10.5 Å². The van der Waals surface area contributed by atoms with E-state index in [0.29, 0.717) is 22.3 Å². The van der Waals surface area contributed by atoms with Crippen LogP contribution in [0.2, 0.25) is 0 Å². The lowest BCUT2D eigenvalue weighted by molar-refractivity contribution is 0.668. The molecule has 0 amide bonds. The molecule has 0 bridgehead atoms. The van der Waals surface area contributed by atoms with Gasteiger partial charge < -0.3 is 4.42 Å². The first kappa shape index (κ1) is 15.5. The predicted molar refractivity (Wildman–Crippen MR) is 106 cm³/mol. The van der Waals surface area contributed by atoms with Crippen LogP contribution in [0.4, 0.5) is 11.4 Å². The van der Waals surface area contributed by atoms with Crippen molar-refractivity contribution in [1.82, 2.24) is 0 Å². The Balaban J connectivity index is 2.00. The number of nitriles is 2. The molecule has 0 fully saturated rings. The molecule has 25 heavy (non-hydrogen) atoms. The largest absolute Gasteiger partial charge is 0.452 e. The van der Waals surface area contributed by atoms with Crippen LogP contribution < -0.4 is 3.11 Å². The standard InChI is InChI=1S/C20H10IN3O/c21-24(17-9-2-1-5-13(17)11-22)18-10-4-8-16-15-7-3-6-14(12-23)19(15)25-20(16)18/h1-10H. The van der Waals surface area contributed by atoms with E-state index >= 15 is 0 Å². The van der Waals surface area contributed by atoms with Crippen LogP contribution in [0.5, 0.6) is 0 Å². The molecule has 0 aliphatic rings. The zero-order valence-corrected chi connectivity index (χ0v) is 15.1. The number of hydrogen-bond donors (Lipinski definition) is 0. The Morgan fingerprint density at radius 2 is 1.32 bits per heavy atom. The van der Waals surface area contributed by atoms with E-state index < -0.39 is 0 Å². The van der Waals surface area contributed by atoms with Gasteiger partial charge in [-0.3, -0.25) is 3.11 Å². The Hall–Kier alpha value is -3.03. The normalized spacial score (nSPS) is 10.5. The molecule has 0 radical (unpaired) electrons. The molecular weight excluding hydrogens is 425 g/mol. The van der Waals surface area contributed by atoms with Gasteiger partial charge >= 0.3 is 0 Å². The van der Waals surface area contributed by atoms with Crippen molar-refractivity contribution in [2.75, 3.05) is 3.11 Å². The smallest absolute Gasteiger partial charge is 0.159 e. The van der Waals surface area contributed by atoms with Crippen molar-refractivity contribution < 1.29 is 4.42 Å². The quantitative estimate of drug-likeness (QED) is 0.294. The second-order valence-corrected chi connectivity index (χ2v) is 6.42. The topological polar surface area (TPSA) is 64.0 Å². The molecule has 4 aromatic rings.